The minimum atomic E-state index is -0.431. The third-order valence-corrected chi connectivity index (χ3v) is 3.87. The molecule has 2 amide bonds. The van der Waals surface area contributed by atoms with Gasteiger partial charge in [-0.05, 0) is 47.3 Å². The quantitative estimate of drug-likeness (QED) is 0.480. The van der Waals surface area contributed by atoms with E-state index in [0.29, 0.717) is 11.3 Å². The number of ether oxygens (including phenoxy) is 1. The average Bonchev–Trinajstić information content (AvgIpc) is 2.71. The first-order valence-electron chi connectivity index (χ1n) is 8.18. The summed E-state index contributed by atoms with van der Waals surface area (Å²) in [6.07, 6.45) is 0. The van der Waals surface area contributed by atoms with Crippen LogP contribution in [0, 0.1) is 0 Å². The molecule has 0 aromatic heterocycles. The van der Waals surface area contributed by atoms with Crippen molar-refractivity contribution in [2.24, 2.45) is 0 Å². The van der Waals surface area contributed by atoms with Crippen LogP contribution in [0.1, 0.15) is 10.4 Å². The van der Waals surface area contributed by atoms with Gasteiger partial charge in [0.25, 0.3) is 11.8 Å². The Morgan fingerprint density at radius 3 is 2.33 bits per heavy atom. The molecule has 7 heteroatoms. The first-order chi connectivity index (χ1) is 13.1. The van der Waals surface area contributed by atoms with Gasteiger partial charge in [0.1, 0.15) is 5.75 Å². The Bertz CT molecular complexity index is 976. The first-order valence-corrected chi connectivity index (χ1v) is 8.59. The molecule has 0 radical (unpaired) electrons. The van der Waals surface area contributed by atoms with Crippen LogP contribution in [0.5, 0.6) is 5.75 Å². The molecule has 0 bridgehead atoms. The highest BCUT2D eigenvalue weighted by Gasteiger charge is 2.08. The van der Waals surface area contributed by atoms with E-state index in [1.807, 2.05) is 42.5 Å². The zero-order valence-electron chi connectivity index (χ0n) is 14.3. The van der Waals surface area contributed by atoms with E-state index in [2.05, 4.69) is 16.2 Å². The summed E-state index contributed by atoms with van der Waals surface area (Å²) < 4.78 is 5.48. The Labute approximate surface area is 161 Å². The Balaban J connectivity index is 1.43. The molecule has 0 spiro atoms. The number of carbonyl (C=O) groups excluding carboxylic acids is 2. The van der Waals surface area contributed by atoms with Gasteiger partial charge in [0.2, 0.25) is 0 Å². The van der Waals surface area contributed by atoms with Crippen LogP contribution in [-0.4, -0.2) is 23.5 Å². The van der Waals surface area contributed by atoms with Crippen LogP contribution in [0.25, 0.3) is 10.8 Å². The average molecular weight is 379 g/mol. The van der Waals surface area contributed by atoms with E-state index in [-0.39, 0.29) is 17.6 Å². The number of rotatable bonds is 4. The molecular weight excluding hydrogens is 362 g/mol. The molecule has 0 aliphatic carbocycles. The van der Waals surface area contributed by atoms with E-state index in [9.17, 15) is 9.59 Å². The number of hydrogen-bond acceptors (Lipinski definition) is 4. The van der Waals surface area contributed by atoms with Gasteiger partial charge < -0.3 is 4.74 Å². The number of amides is 2. The molecule has 3 aromatic carbocycles. The van der Waals surface area contributed by atoms with Crippen LogP contribution in [0.4, 0.5) is 0 Å². The van der Waals surface area contributed by atoms with Crippen molar-refractivity contribution in [2.75, 3.05) is 6.61 Å². The van der Waals surface area contributed by atoms with Crippen LogP contribution < -0.4 is 20.9 Å². The van der Waals surface area contributed by atoms with Crippen molar-refractivity contribution >= 4 is 39.9 Å². The summed E-state index contributed by atoms with van der Waals surface area (Å²) in [5.74, 6) is -0.210. The predicted molar refractivity (Wildman–Crippen MR) is 107 cm³/mol. The van der Waals surface area contributed by atoms with Crippen molar-refractivity contribution in [3.63, 3.8) is 0 Å². The summed E-state index contributed by atoms with van der Waals surface area (Å²) in [5.41, 5.74) is 5.31. The fourth-order valence-corrected chi connectivity index (χ4v) is 2.51. The van der Waals surface area contributed by atoms with Crippen molar-refractivity contribution in [3.8, 4) is 5.75 Å². The number of carbonyl (C=O) groups is 2. The first kappa shape index (κ1) is 18.3. The van der Waals surface area contributed by atoms with Gasteiger partial charge in [0.15, 0.2) is 11.7 Å². The van der Waals surface area contributed by atoms with E-state index in [0.717, 1.165) is 10.8 Å². The lowest BCUT2D eigenvalue weighted by Gasteiger charge is -2.11. The fraction of sp³-hybridized carbons (Fsp3) is 0.0500. The maximum Gasteiger partial charge on any atom is 0.276 e. The predicted octanol–water partition coefficient (Wildman–Crippen LogP) is 2.55. The molecule has 0 aliphatic rings. The third kappa shape index (κ3) is 5.26. The van der Waals surface area contributed by atoms with E-state index in [1.165, 1.54) is 0 Å². The fourth-order valence-electron chi connectivity index (χ4n) is 2.36. The van der Waals surface area contributed by atoms with Gasteiger partial charge in [-0.25, -0.2) is 0 Å². The lowest BCUT2D eigenvalue weighted by atomic mass is 10.1. The largest absolute Gasteiger partial charge is 0.484 e. The molecule has 0 atom stereocenters. The SMILES string of the molecule is O=C(COc1ccc2ccccc2c1)NNC(=S)NC(=O)c1ccccc1. The zero-order chi connectivity index (χ0) is 19.1. The topological polar surface area (TPSA) is 79.5 Å². The van der Waals surface area contributed by atoms with E-state index < -0.39 is 5.91 Å². The highest BCUT2D eigenvalue weighted by atomic mass is 32.1. The van der Waals surface area contributed by atoms with Gasteiger partial charge in [-0.2, -0.15) is 0 Å². The lowest BCUT2D eigenvalue weighted by Crippen LogP contribution is -2.49. The molecule has 0 fully saturated rings. The molecule has 6 nitrogen and oxygen atoms in total. The summed E-state index contributed by atoms with van der Waals surface area (Å²) in [5, 5.41) is 4.58. The number of thiocarbonyl (C=S) groups is 1. The number of fused-ring (bicyclic) bond motifs is 1. The van der Waals surface area contributed by atoms with Crippen molar-refractivity contribution in [2.45, 2.75) is 0 Å². The van der Waals surface area contributed by atoms with Gasteiger partial charge >= 0.3 is 0 Å². The van der Waals surface area contributed by atoms with Crippen LogP contribution in [0.2, 0.25) is 0 Å². The second-order valence-corrected chi connectivity index (χ2v) is 6.03. The molecule has 3 N–H and O–H groups in total. The maximum atomic E-state index is 11.9. The highest BCUT2D eigenvalue weighted by molar-refractivity contribution is 7.80. The van der Waals surface area contributed by atoms with Crippen molar-refractivity contribution in [1.82, 2.24) is 16.2 Å². The van der Waals surface area contributed by atoms with E-state index in [1.54, 1.807) is 30.3 Å². The molecule has 0 aliphatic heterocycles. The summed E-state index contributed by atoms with van der Waals surface area (Å²) >= 11 is 4.98. The highest BCUT2D eigenvalue weighted by Crippen LogP contribution is 2.20. The van der Waals surface area contributed by atoms with Gasteiger partial charge in [0.05, 0.1) is 0 Å². The standard InChI is InChI=1S/C20H17N3O3S/c24-18(13-26-17-11-10-14-6-4-5-9-16(14)12-17)22-23-20(27)21-19(25)15-7-2-1-3-8-15/h1-12H,13H2,(H,22,24)(H2,21,23,25,27). The monoisotopic (exact) mass is 379 g/mol. The molecule has 0 heterocycles. The lowest BCUT2D eigenvalue weighted by molar-refractivity contribution is -0.123. The zero-order valence-corrected chi connectivity index (χ0v) is 15.1. The van der Waals surface area contributed by atoms with Gasteiger partial charge in [-0.1, -0.05) is 48.5 Å². The summed E-state index contributed by atoms with van der Waals surface area (Å²) in [7, 11) is 0. The normalized spacial score (nSPS) is 10.1. The van der Waals surface area contributed by atoms with Crippen LogP contribution in [0.3, 0.4) is 0 Å². The smallest absolute Gasteiger partial charge is 0.276 e. The number of benzene rings is 3. The van der Waals surface area contributed by atoms with Crippen LogP contribution >= 0.6 is 12.2 Å². The van der Waals surface area contributed by atoms with Crippen molar-refractivity contribution in [1.29, 1.82) is 0 Å². The molecular formula is C20H17N3O3S. The summed E-state index contributed by atoms with van der Waals surface area (Å²) in [4.78, 5) is 23.8. The third-order valence-electron chi connectivity index (χ3n) is 3.67. The Hall–Kier alpha value is -3.45. The summed E-state index contributed by atoms with van der Waals surface area (Å²) in [6, 6.07) is 22.1. The molecule has 3 aromatic rings. The van der Waals surface area contributed by atoms with E-state index >= 15 is 0 Å². The molecule has 27 heavy (non-hydrogen) atoms. The molecule has 0 saturated carbocycles. The van der Waals surface area contributed by atoms with Crippen molar-refractivity contribution in [3.05, 3.63) is 78.4 Å². The minimum Gasteiger partial charge on any atom is -0.484 e. The van der Waals surface area contributed by atoms with Crippen LogP contribution in [0.15, 0.2) is 72.8 Å². The van der Waals surface area contributed by atoms with E-state index in [4.69, 9.17) is 17.0 Å². The second kappa shape index (κ2) is 8.77. The van der Waals surface area contributed by atoms with Crippen LogP contribution in [-0.2, 0) is 4.79 Å². The molecule has 136 valence electrons. The van der Waals surface area contributed by atoms with Gasteiger partial charge in [-0.3, -0.25) is 25.8 Å². The Kier molecular flexibility index (Phi) is 5.96. The number of nitrogens with one attached hydrogen (secondary N) is 3. The second-order valence-electron chi connectivity index (χ2n) is 5.62. The minimum absolute atomic E-state index is 0.0112. The van der Waals surface area contributed by atoms with Gasteiger partial charge in [0, 0.05) is 5.56 Å². The summed E-state index contributed by atoms with van der Waals surface area (Å²) in [6.45, 7) is -0.194. The van der Waals surface area contributed by atoms with Gasteiger partial charge in [-0.15, -0.1) is 0 Å². The molecule has 0 saturated heterocycles. The Morgan fingerprint density at radius 1 is 0.852 bits per heavy atom. The maximum absolute atomic E-state index is 11.9. The number of hydrogen-bond donors (Lipinski definition) is 3. The number of hydrazine groups is 1. The Morgan fingerprint density at radius 2 is 1.56 bits per heavy atom. The molecule has 0 unspecified atom stereocenters. The van der Waals surface area contributed by atoms with Crippen molar-refractivity contribution < 1.29 is 14.3 Å². The molecule has 3 rings (SSSR count).